The number of ether oxygens (including phenoxy) is 3. The molecule has 1 aromatic heterocycles. The van der Waals surface area contributed by atoms with Crippen molar-refractivity contribution in [1.29, 1.82) is 0 Å². The first-order valence-corrected chi connectivity index (χ1v) is 18.1. The van der Waals surface area contributed by atoms with Gasteiger partial charge < -0.3 is 34.3 Å². The lowest BCUT2D eigenvalue weighted by Gasteiger charge is -2.34. The summed E-state index contributed by atoms with van der Waals surface area (Å²) in [4.78, 5) is 26.3. The number of piperidine rings is 1. The maximum Gasteiger partial charge on any atom is 0.253 e. The van der Waals surface area contributed by atoms with Gasteiger partial charge in [-0.2, -0.15) is 0 Å². The lowest BCUT2D eigenvalue weighted by Crippen LogP contribution is -2.40. The van der Waals surface area contributed by atoms with Gasteiger partial charge in [-0.15, -0.1) is 0 Å². The number of carbonyl (C=O) groups excluding carboxylic acids is 1. The number of fused-ring (bicyclic) bond motifs is 1. The van der Waals surface area contributed by atoms with Crippen LogP contribution >= 0.6 is 23.2 Å². The van der Waals surface area contributed by atoms with E-state index in [9.17, 15) is 9.18 Å². The van der Waals surface area contributed by atoms with Gasteiger partial charge in [0.05, 0.1) is 42.4 Å². The van der Waals surface area contributed by atoms with Crippen LogP contribution in [0.15, 0.2) is 72.8 Å². The fourth-order valence-corrected chi connectivity index (χ4v) is 7.23. The number of rotatable bonds is 14. The van der Waals surface area contributed by atoms with E-state index in [2.05, 4.69) is 21.3 Å². The van der Waals surface area contributed by atoms with Gasteiger partial charge in [-0.25, -0.2) is 9.37 Å². The number of nitrogens with zero attached hydrogens (tertiary/aromatic N) is 3. The molecule has 1 atom stereocenters. The average molecular weight is 749 g/mol. The van der Waals surface area contributed by atoms with Crippen molar-refractivity contribution >= 4 is 46.1 Å². The molecular weight excluding hydrogens is 704 g/mol. The Labute approximate surface area is 314 Å². The molecule has 0 saturated carbocycles. The third kappa shape index (κ3) is 8.74. The summed E-state index contributed by atoms with van der Waals surface area (Å²) in [6.07, 6.45) is 3.44. The molecule has 12 heteroatoms. The molecule has 9 nitrogen and oxygen atoms in total. The van der Waals surface area contributed by atoms with Crippen LogP contribution in [-0.4, -0.2) is 86.3 Å². The Kier molecular flexibility index (Phi) is 12.1. The lowest BCUT2D eigenvalue weighted by atomic mass is 9.94. The molecule has 274 valence electrons. The van der Waals surface area contributed by atoms with Gasteiger partial charge in [0.15, 0.2) is 11.5 Å². The Morgan fingerprint density at radius 1 is 0.981 bits per heavy atom. The maximum atomic E-state index is 13.7. The standard InChI is InChI=1S/C40H44Cl2FN5O4/c1-47(39(49)29-22-35(50-2)38(52-4)36(23-29)51-3)24-28(26-10-13-32(41)33(42)21-26)14-17-48-18-15-31(16-19-48)44-40-45-34-7-5-6-27(37(34)46-40)20-25-8-11-30(43)12-9-25/h5-13,21-23,28,31H,14-20,24H2,1-4H3,(H2,44,45,46). The lowest BCUT2D eigenvalue weighted by molar-refractivity contribution is 0.0781. The van der Waals surface area contributed by atoms with Crippen LogP contribution in [0.3, 0.4) is 0 Å². The Hall–Kier alpha value is -4.51. The number of nitrogens with one attached hydrogen (secondary N) is 2. The summed E-state index contributed by atoms with van der Waals surface area (Å²) in [5.74, 6) is 1.65. The number of benzene rings is 4. The van der Waals surface area contributed by atoms with E-state index in [-0.39, 0.29) is 23.7 Å². The highest BCUT2D eigenvalue weighted by molar-refractivity contribution is 6.42. The van der Waals surface area contributed by atoms with Gasteiger partial charge in [-0.1, -0.05) is 53.5 Å². The Morgan fingerprint density at radius 3 is 2.35 bits per heavy atom. The first-order valence-electron chi connectivity index (χ1n) is 17.4. The maximum absolute atomic E-state index is 13.7. The van der Waals surface area contributed by atoms with Gasteiger partial charge in [-0.3, -0.25) is 4.79 Å². The summed E-state index contributed by atoms with van der Waals surface area (Å²) in [5.41, 5.74) is 5.50. The number of anilines is 1. The van der Waals surface area contributed by atoms with Crippen LogP contribution < -0.4 is 19.5 Å². The number of methoxy groups -OCH3 is 3. The fraction of sp³-hybridized carbons (Fsp3) is 0.350. The molecule has 1 aliphatic heterocycles. The number of imidazole rings is 1. The van der Waals surface area contributed by atoms with Gasteiger partial charge in [0.25, 0.3) is 5.91 Å². The summed E-state index contributed by atoms with van der Waals surface area (Å²) >= 11 is 12.7. The Bertz CT molecular complexity index is 1970. The van der Waals surface area contributed by atoms with E-state index in [4.69, 9.17) is 42.4 Å². The molecule has 4 aromatic carbocycles. The topological polar surface area (TPSA) is 92.0 Å². The van der Waals surface area contributed by atoms with Crippen LogP contribution in [0.1, 0.15) is 52.2 Å². The van der Waals surface area contributed by atoms with E-state index < -0.39 is 0 Å². The molecular formula is C40H44Cl2FN5O4. The van der Waals surface area contributed by atoms with Crippen molar-refractivity contribution in [2.45, 2.75) is 37.6 Å². The molecule has 1 fully saturated rings. The summed E-state index contributed by atoms with van der Waals surface area (Å²) in [6.45, 7) is 3.20. The number of H-pyrrole nitrogens is 1. The van der Waals surface area contributed by atoms with Crippen molar-refractivity contribution in [2.75, 3.05) is 59.9 Å². The van der Waals surface area contributed by atoms with Crippen molar-refractivity contribution in [1.82, 2.24) is 19.8 Å². The predicted octanol–water partition coefficient (Wildman–Crippen LogP) is 8.45. The smallest absolute Gasteiger partial charge is 0.253 e. The normalized spacial score (nSPS) is 14.3. The third-order valence-electron chi connectivity index (χ3n) is 9.79. The number of carbonyl (C=O) groups is 1. The van der Waals surface area contributed by atoms with Gasteiger partial charge >= 0.3 is 0 Å². The largest absolute Gasteiger partial charge is 0.493 e. The van der Waals surface area contributed by atoms with Gasteiger partial charge in [-0.05, 0) is 91.4 Å². The molecule has 1 aliphatic rings. The summed E-state index contributed by atoms with van der Waals surface area (Å²) in [7, 11) is 6.39. The second-order valence-electron chi connectivity index (χ2n) is 13.2. The minimum absolute atomic E-state index is 0.0151. The van der Waals surface area contributed by atoms with Crippen molar-refractivity contribution in [3.63, 3.8) is 0 Å². The molecule has 0 spiro atoms. The first-order chi connectivity index (χ1) is 25.1. The number of likely N-dealkylation sites (N-methyl/N-ethyl adjacent to an activating group) is 1. The molecule has 1 amide bonds. The second-order valence-corrected chi connectivity index (χ2v) is 14.0. The molecule has 2 heterocycles. The van der Waals surface area contributed by atoms with Crippen LogP contribution in [-0.2, 0) is 6.42 Å². The zero-order valence-electron chi connectivity index (χ0n) is 29.8. The van der Waals surface area contributed by atoms with Gasteiger partial charge in [0.1, 0.15) is 5.82 Å². The highest BCUT2D eigenvalue weighted by Gasteiger charge is 2.25. The van der Waals surface area contributed by atoms with Crippen LogP contribution in [0.25, 0.3) is 11.0 Å². The minimum Gasteiger partial charge on any atom is -0.493 e. The number of aromatic nitrogens is 2. The zero-order chi connectivity index (χ0) is 36.8. The zero-order valence-corrected chi connectivity index (χ0v) is 31.4. The Balaban J connectivity index is 1.08. The molecule has 1 saturated heterocycles. The average Bonchev–Trinajstić information content (AvgIpc) is 3.58. The van der Waals surface area contributed by atoms with Gasteiger partial charge in [0, 0.05) is 44.2 Å². The SMILES string of the molecule is COc1cc(C(=O)N(C)CC(CCN2CCC(Nc3nc4c(Cc5ccc(F)cc5)cccc4[nH]3)CC2)c2ccc(Cl)c(Cl)c2)cc(OC)c1OC. The minimum atomic E-state index is -0.237. The summed E-state index contributed by atoms with van der Waals surface area (Å²) in [6, 6.07) is 22.1. The highest BCUT2D eigenvalue weighted by atomic mass is 35.5. The molecule has 0 bridgehead atoms. The monoisotopic (exact) mass is 747 g/mol. The molecule has 5 aromatic rings. The highest BCUT2D eigenvalue weighted by Crippen LogP contribution is 2.39. The van der Waals surface area contributed by atoms with Gasteiger partial charge in [0.2, 0.25) is 11.7 Å². The summed E-state index contributed by atoms with van der Waals surface area (Å²) in [5, 5.41) is 4.61. The number of halogens is 3. The molecule has 2 N–H and O–H groups in total. The van der Waals surface area contributed by atoms with Crippen molar-refractivity contribution in [3.8, 4) is 17.2 Å². The quantitative estimate of drug-likeness (QED) is 0.118. The number of aromatic amines is 1. The van der Waals surface area contributed by atoms with E-state index in [1.807, 2.05) is 42.5 Å². The van der Waals surface area contributed by atoms with Crippen LogP contribution in [0.5, 0.6) is 17.2 Å². The summed E-state index contributed by atoms with van der Waals surface area (Å²) < 4.78 is 29.8. The number of hydrogen-bond acceptors (Lipinski definition) is 7. The first kappa shape index (κ1) is 37.3. The number of likely N-dealkylation sites (tertiary alicyclic amines) is 1. The van der Waals surface area contributed by atoms with Crippen LogP contribution in [0, 0.1) is 5.82 Å². The van der Waals surface area contributed by atoms with Crippen molar-refractivity contribution in [3.05, 3.63) is 111 Å². The van der Waals surface area contributed by atoms with E-state index in [0.29, 0.717) is 45.8 Å². The number of para-hydroxylation sites is 1. The van der Waals surface area contributed by atoms with E-state index in [1.165, 1.54) is 33.5 Å². The fourth-order valence-electron chi connectivity index (χ4n) is 6.93. The molecule has 52 heavy (non-hydrogen) atoms. The number of hydrogen-bond donors (Lipinski definition) is 2. The van der Waals surface area contributed by atoms with Crippen LogP contribution in [0.2, 0.25) is 10.0 Å². The van der Waals surface area contributed by atoms with Crippen molar-refractivity contribution in [2.24, 2.45) is 0 Å². The molecule has 1 unspecified atom stereocenters. The Morgan fingerprint density at radius 2 is 1.69 bits per heavy atom. The van der Waals surface area contributed by atoms with Crippen molar-refractivity contribution < 1.29 is 23.4 Å². The third-order valence-corrected chi connectivity index (χ3v) is 10.5. The molecule has 0 aliphatic carbocycles. The van der Waals surface area contributed by atoms with Crippen LogP contribution in [0.4, 0.5) is 10.3 Å². The predicted molar refractivity (Wildman–Crippen MR) is 205 cm³/mol. The number of amides is 1. The second kappa shape index (κ2) is 16.9. The molecule has 0 radical (unpaired) electrons. The van der Waals surface area contributed by atoms with E-state index in [1.54, 1.807) is 24.1 Å². The van der Waals surface area contributed by atoms with E-state index >= 15 is 0 Å². The molecule has 6 rings (SSSR count). The van der Waals surface area contributed by atoms with E-state index in [0.717, 1.165) is 72.6 Å².